The van der Waals surface area contributed by atoms with Crippen LogP contribution in [0.1, 0.15) is 272 Å². The molecule has 6 heteroatoms. The van der Waals surface area contributed by atoms with Crippen LogP contribution < -0.4 is 0 Å². The number of unbranched alkanes of at least 4 members (excludes halogenated alkanes) is 29. The molecule has 0 rings (SSSR count). The molecule has 1 atom stereocenters. The second-order valence-corrected chi connectivity index (χ2v) is 18.1. The van der Waals surface area contributed by atoms with E-state index in [1.54, 1.807) is 0 Å². The number of esters is 3. The first kappa shape index (κ1) is 54.4. The van der Waals surface area contributed by atoms with Crippen molar-refractivity contribution in [2.75, 3.05) is 13.2 Å². The van der Waals surface area contributed by atoms with Gasteiger partial charge in [0.2, 0.25) is 0 Å². The van der Waals surface area contributed by atoms with Gasteiger partial charge in [0.15, 0.2) is 6.10 Å². The SMILES string of the molecule is CCCCCCCCCCCCCCCCCCCC(=O)O[C@@H](COC(=O)CCCCCCCCCCC(C)C)COC(=O)CCCCCCCCCC(C)C. The molecular formula is C50H96O6. The molecule has 0 aliphatic carbocycles. The van der Waals surface area contributed by atoms with Crippen LogP contribution in [0, 0.1) is 11.8 Å². The molecule has 0 N–H and O–H groups in total. The predicted octanol–water partition coefficient (Wildman–Crippen LogP) is 15.8. The van der Waals surface area contributed by atoms with Crippen molar-refractivity contribution in [3.8, 4) is 0 Å². The maximum absolute atomic E-state index is 12.8. The van der Waals surface area contributed by atoms with Gasteiger partial charge in [-0.15, -0.1) is 0 Å². The van der Waals surface area contributed by atoms with E-state index in [1.165, 1.54) is 161 Å². The molecule has 0 amide bonds. The average molecular weight is 793 g/mol. The lowest BCUT2D eigenvalue weighted by Gasteiger charge is -2.18. The van der Waals surface area contributed by atoms with Crippen LogP contribution in [-0.4, -0.2) is 37.2 Å². The summed E-state index contributed by atoms with van der Waals surface area (Å²) in [6.45, 7) is 11.3. The van der Waals surface area contributed by atoms with Crippen LogP contribution in [0.15, 0.2) is 0 Å². The van der Waals surface area contributed by atoms with Gasteiger partial charge in [0.05, 0.1) is 0 Å². The quantitative estimate of drug-likeness (QED) is 0.0347. The molecule has 0 saturated heterocycles. The van der Waals surface area contributed by atoms with Gasteiger partial charge in [-0.3, -0.25) is 14.4 Å². The molecule has 0 aromatic heterocycles. The lowest BCUT2D eigenvalue weighted by atomic mass is 10.0. The van der Waals surface area contributed by atoms with Crippen LogP contribution in [0.5, 0.6) is 0 Å². The van der Waals surface area contributed by atoms with Crippen LogP contribution in [-0.2, 0) is 28.6 Å². The summed E-state index contributed by atoms with van der Waals surface area (Å²) in [6, 6.07) is 0. The first-order chi connectivity index (χ1) is 27.2. The molecule has 0 unspecified atom stereocenters. The van der Waals surface area contributed by atoms with Gasteiger partial charge in [-0.1, -0.05) is 234 Å². The molecule has 0 bridgehead atoms. The number of ether oxygens (including phenoxy) is 3. The predicted molar refractivity (Wildman–Crippen MR) is 238 cm³/mol. The molecule has 0 saturated carbocycles. The van der Waals surface area contributed by atoms with E-state index in [-0.39, 0.29) is 31.1 Å². The van der Waals surface area contributed by atoms with Crippen molar-refractivity contribution in [1.29, 1.82) is 0 Å². The summed E-state index contributed by atoms with van der Waals surface area (Å²) in [5.41, 5.74) is 0. The number of rotatable bonds is 44. The molecule has 0 aromatic carbocycles. The van der Waals surface area contributed by atoms with Gasteiger partial charge in [-0.2, -0.15) is 0 Å². The van der Waals surface area contributed by atoms with E-state index in [1.807, 2.05) is 0 Å². The maximum atomic E-state index is 12.8. The Morgan fingerprint density at radius 2 is 0.589 bits per heavy atom. The minimum Gasteiger partial charge on any atom is -0.462 e. The maximum Gasteiger partial charge on any atom is 0.306 e. The largest absolute Gasteiger partial charge is 0.462 e. The van der Waals surface area contributed by atoms with Gasteiger partial charge in [0.1, 0.15) is 13.2 Å². The Morgan fingerprint density at radius 1 is 0.339 bits per heavy atom. The first-order valence-electron chi connectivity index (χ1n) is 24.7. The third-order valence-corrected chi connectivity index (χ3v) is 11.2. The third-order valence-electron chi connectivity index (χ3n) is 11.2. The van der Waals surface area contributed by atoms with Crippen molar-refractivity contribution < 1.29 is 28.6 Å². The molecule has 0 aliphatic rings. The van der Waals surface area contributed by atoms with E-state index in [4.69, 9.17) is 14.2 Å². The van der Waals surface area contributed by atoms with E-state index >= 15 is 0 Å². The highest BCUT2D eigenvalue weighted by atomic mass is 16.6. The van der Waals surface area contributed by atoms with Gasteiger partial charge < -0.3 is 14.2 Å². The minimum absolute atomic E-state index is 0.0654. The van der Waals surface area contributed by atoms with Crippen LogP contribution >= 0.6 is 0 Å². The fourth-order valence-electron chi connectivity index (χ4n) is 7.46. The summed E-state index contributed by atoms with van der Waals surface area (Å²) in [4.78, 5) is 37.8. The zero-order valence-corrected chi connectivity index (χ0v) is 38.3. The number of carbonyl (C=O) groups is 3. The van der Waals surface area contributed by atoms with E-state index < -0.39 is 6.10 Å². The van der Waals surface area contributed by atoms with Gasteiger partial charge in [-0.25, -0.2) is 0 Å². The lowest BCUT2D eigenvalue weighted by Crippen LogP contribution is -2.30. The zero-order chi connectivity index (χ0) is 41.2. The lowest BCUT2D eigenvalue weighted by molar-refractivity contribution is -0.167. The van der Waals surface area contributed by atoms with Crippen molar-refractivity contribution in [2.24, 2.45) is 11.8 Å². The Morgan fingerprint density at radius 3 is 0.875 bits per heavy atom. The summed E-state index contributed by atoms with van der Waals surface area (Å²) < 4.78 is 16.8. The number of hydrogen-bond donors (Lipinski definition) is 0. The van der Waals surface area contributed by atoms with Crippen molar-refractivity contribution in [2.45, 2.75) is 278 Å². The highest BCUT2D eigenvalue weighted by Crippen LogP contribution is 2.17. The molecule has 0 spiro atoms. The van der Waals surface area contributed by atoms with Gasteiger partial charge in [0.25, 0.3) is 0 Å². The monoisotopic (exact) mass is 793 g/mol. The molecule has 0 aliphatic heterocycles. The Labute approximate surface area is 348 Å². The van der Waals surface area contributed by atoms with Crippen LogP contribution in [0.2, 0.25) is 0 Å². The van der Waals surface area contributed by atoms with Crippen LogP contribution in [0.25, 0.3) is 0 Å². The summed E-state index contributed by atoms with van der Waals surface area (Å²) in [5, 5.41) is 0. The van der Waals surface area contributed by atoms with E-state index in [2.05, 4.69) is 34.6 Å². The molecule has 0 heterocycles. The molecule has 6 nitrogen and oxygen atoms in total. The van der Waals surface area contributed by atoms with Crippen molar-refractivity contribution in [3.63, 3.8) is 0 Å². The minimum atomic E-state index is -0.761. The normalized spacial score (nSPS) is 12.1. The zero-order valence-electron chi connectivity index (χ0n) is 38.3. The molecule has 56 heavy (non-hydrogen) atoms. The summed E-state index contributed by atoms with van der Waals surface area (Å²) >= 11 is 0. The van der Waals surface area contributed by atoms with Gasteiger partial charge in [-0.05, 0) is 31.1 Å². The standard InChI is InChI=1S/C50H96O6/c1-6-7-8-9-10-11-12-13-14-15-16-17-18-19-26-32-37-42-50(53)56-47(44-55-49(52)41-36-31-27-22-24-29-34-39-46(4)5)43-54-48(51)40-35-30-25-21-20-23-28-33-38-45(2)3/h45-47H,6-44H2,1-5H3/t47-/m0/s1. The van der Waals surface area contributed by atoms with Crippen molar-refractivity contribution in [1.82, 2.24) is 0 Å². The van der Waals surface area contributed by atoms with Crippen molar-refractivity contribution in [3.05, 3.63) is 0 Å². The summed E-state index contributed by atoms with van der Waals surface area (Å²) in [5.74, 6) is 0.722. The van der Waals surface area contributed by atoms with Gasteiger partial charge >= 0.3 is 17.9 Å². The molecular weight excluding hydrogens is 697 g/mol. The summed E-state index contributed by atoms with van der Waals surface area (Å²) in [7, 11) is 0. The number of carbonyl (C=O) groups excluding carboxylic acids is 3. The molecule has 0 radical (unpaired) electrons. The Kier molecular flexibility index (Phi) is 41.8. The Balaban J connectivity index is 4.28. The summed E-state index contributed by atoms with van der Waals surface area (Å²) in [6.07, 6.45) is 42.5. The smallest absolute Gasteiger partial charge is 0.306 e. The number of hydrogen-bond acceptors (Lipinski definition) is 6. The second kappa shape index (κ2) is 43.0. The highest BCUT2D eigenvalue weighted by Gasteiger charge is 2.19. The first-order valence-corrected chi connectivity index (χ1v) is 24.7. The third kappa shape index (κ3) is 43.5. The molecule has 0 fully saturated rings. The topological polar surface area (TPSA) is 78.9 Å². The van der Waals surface area contributed by atoms with Gasteiger partial charge in [0, 0.05) is 19.3 Å². The van der Waals surface area contributed by atoms with E-state index in [9.17, 15) is 14.4 Å². The average Bonchev–Trinajstić information content (AvgIpc) is 3.16. The van der Waals surface area contributed by atoms with Crippen LogP contribution in [0.3, 0.4) is 0 Å². The fourth-order valence-corrected chi connectivity index (χ4v) is 7.46. The van der Waals surface area contributed by atoms with E-state index in [0.29, 0.717) is 19.3 Å². The van der Waals surface area contributed by atoms with E-state index in [0.717, 1.165) is 69.6 Å². The Hall–Kier alpha value is -1.59. The second-order valence-electron chi connectivity index (χ2n) is 18.1. The van der Waals surface area contributed by atoms with Crippen LogP contribution in [0.4, 0.5) is 0 Å². The highest BCUT2D eigenvalue weighted by molar-refractivity contribution is 5.71. The Bertz CT molecular complexity index is 854. The van der Waals surface area contributed by atoms with Crippen molar-refractivity contribution >= 4 is 17.9 Å². The fraction of sp³-hybridized carbons (Fsp3) is 0.940. The molecule has 0 aromatic rings. The molecule has 332 valence electrons.